The monoisotopic (exact) mass is 236 g/mol. The van der Waals surface area contributed by atoms with E-state index >= 15 is 0 Å². The molecule has 2 aliphatic heterocycles. The third kappa shape index (κ3) is 1.99. The summed E-state index contributed by atoms with van der Waals surface area (Å²) in [6, 6.07) is 0.894. The SMILES string of the molecule is O=c1cc2nc(S(=O)(=O)[O-])c(=O)c-2n1.[Na+]. The summed E-state index contributed by atoms with van der Waals surface area (Å²) in [5, 5.41) is -1.10. The molecule has 0 fully saturated rings. The number of rotatable bonds is 1. The third-order valence-corrected chi connectivity index (χ3v) is 2.34. The van der Waals surface area contributed by atoms with Crippen LogP contribution in [0.4, 0.5) is 0 Å². The van der Waals surface area contributed by atoms with Crippen molar-refractivity contribution >= 4 is 10.1 Å². The first kappa shape index (κ1) is 12.4. The molecule has 0 aromatic heterocycles. The summed E-state index contributed by atoms with van der Waals surface area (Å²) in [6.07, 6.45) is 0. The van der Waals surface area contributed by atoms with Crippen molar-refractivity contribution in [3.8, 4) is 11.4 Å². The molecule has 0 aromatic rings. The van der Waals surface area contributed by atoms with Crippen LogP contribution in [0.5, 0.6) is 0 Å². The molecule has 0 unspecified atom stereocenters. The first-order valence-electron chi connectivity index (χ1n) is 3.33. The van der Waals surface area contributed by atoms with E-state index in [0.29, 0.717) is 0 Å². The van der Waals surface area contributed by atoms with Gasteiger partial charge in [0.1, 0.15) is 21.5 Å². The maximum Gasteiger partial charge on any atom is 1.00 e. The van der Waals surface area contributed by atoms with Crippen molar-refractivity contribution in [1.82, 2.24) is 9.97 Å². The molecule has 0 saturated carbocycles. The summed E-state index contributed by atoms with van der Waals surface area (Å²) in [5.41, 5.74) is -2.33. The van der Waals surface area contributed by atoms with E-state index in [0.717, 1.165) is 6.07 Å². The van der Waals surface area contributed by atoms with Gasteiger partial charge >= 0.3 is 29.6 Å². The summed E-state index contributed by atoms with van der Waals surface area (Å²) < 4.78 is 31.4. The fourth-order valence-electron chi connectivity index (χ4n) is 1.07. The maximum atomic E-state index is 11.1. The van der Waals surface area contributed by atoms with Gasteiger partial charge in [0, 0.05) is 6.07 Å². The first-order valence-corrected chi connectivity index (χ1v) is 4.74. The molecular weight excluding hydrogens is 235 g/mol. The molecule has 0 saturated heterocycles. The Morgan fingerprint density at radius 1 is 1.20 bits per heavy atom. The van der Waals surface area contributed by atoms with Gasteiger partial charge in [0.05, 0.1) is 0 Å². The minimum absolute atomic E-state index is 0. The van der Waals surface area contributed by atoms with Gasteiger partial charge < -0.3 is 4.55 Å². The number of hydrogen-bond donors (Lipinski definition) is 0. The Bertz CT molecular complexity index is 657. The van der Waals surface area contributed by atoms with Crippen LogP contribution in [0, 0.1) is 0 Å². The van der Waals surface area contributed by atoms with E-state index in [1.165, 1.54) is 0 Å². The second-order valence-electron chi connectivity index (χ2n) is 2.53. The van der Waals surface area contributed by atoms with Gasteiger partial charge in [-0.3, -0.25) is 9.59 Å². The van der Waals surface area contributed by atoms with Crippen LogP contribution in [0.3, 0.4) is 0 Å². The molecule has 2 aliphatic rings. The molecule has 0 atom stereocenters. The smallest absolute Gasteiger partial charge is 0.743 e. The zero-order chi connectivity index (χ0) is 10.5. The summed E-state index contributed by atoms with van der Waals surface area (Å²) in [5.74, 6) is 0. The van der Waals surface area contributed by atoms with Crippen LogP contribution in [-0.4, -0.2) is 22.9 Å². The van der Waals surface area contributed by atoms with Crippen LogP contribution in [0.25, 0.3) is 11.4 Å². The van der Waals surface area contributed by atoms with Gasteiger partial charge in [0.25, 0.3) is 5.56 Å². The quantitative estimate of drug-likeness (QED) is 0.359. The predicted molar refractivity (Wildman–Crippen MR) is 41.5 cm³/mol. The van der Waals surface area contributed by atoms with Gasteiger partial charge in [0.15, 0.2) is 5.03 Å². The van der Waals surface area contributed by atoms with Crippen molar-refractivity contribution in [2.75, 3.05) is 0 Å². The Balaban J connectivity index is 0.00000112. The van der Waals surface area contributed by atoms with Crippen molar-refractivity contribution in [2.24, 2.45) is 0 Å². The number of hydrogen-bond acceptors (Lipinski definition) is 7. The van der Waals surface area contributed by atoms with Gasteiger partial charge in [-0.2, -0.15) is 0 Å². The number of aromatic nitrogens is 2. The zero-order valence-corrected chi connectivity index (χ0v) is 10.2. The van der Waals surface area contributed by atoms with Gasteiger partial charge in [-0.05, 0) is 0 Å². The second-order valence-corrected chi connectivity index (χ2v) is 3.82. The molecule has 0 aromatic carbocycles. The van der Waals surface area contributed by atoms with E-state index in [1.54, 1.807) is 0 Å². The summed E-state index contributed by atoms with van der Waals surface area (Å²) in [7, 11) is -4.89. The number of fused-ring (bicyclic) bond motifs is 1. The average Bonchev–Trinajstić information content (AvgIpc) is 2.49. The topological polar surface area (TPSA) is 117 Å². The van der Waals surface area contributed by atoms with E-state index in [-0.39, 0.29) is 40.9 Å². The molecule has 0 radical (unpaired) electrons. The summed E-state index contributed by atoms with van der Waals surface area (Å²) in [4.78, 5) is 28.2. The molecule has 9 heteroatoms. The van der Waals surface area contributed by atoms with Crippen LogP contribution in [-0.2, 0) is 10.1 Å². The fourth-order valence-corrected chi connectivity index (χ4v) is 1.60. The average molecular weight is 236 g/mol. The Morgan fingerprint density at radius 3 is 2.27 bits per heavy atom. The molecule has 2 heterocycles. The van der Waals surface area contributed by atoms with Gasteiger partial charge in [0.2, 0.25) is 5.43 Å². The first-order chi connectivity index (χ1) is 6.39. The molecule has 0 aliphatic carbocycles. The minimum atomic E-state index is -4.89. The fraction of sp³-hybridized carbons (Fsp3) is 0. The summed E-state index contributed by atoms with van der Waals surface area (Å²) in [6.45, 7) is 0. The minimum Gasteiger partial charge on any atom is -0.743 e. The maximum absolute atomic E-state index is 11.1. The van der Waals surface area contributed by atoms with E-state index < -0.39 is 26.1 Å². The predicted octanol–water partition coefficient (Wildman–Crippen LogP) is -4.91. The van der Waals surface area contributed by atoms with Crippen LogP contribution in [0.2, 0.25) is 0 Å². The third-order valence-electron chi connectivity index (χ3n) is 1.59. The largest absolute Gasteiger partial charge is 1.00 e. The Labute approximate surface area is 105 Å². The van der Waals surface area contributed by atoms with Crippen molar-refractivity contribution in [3.05, 3.63) is 26.6 Å². The van der Waals surface area contributed by atoms with Crippen molar-refractivity contribution in [3.63, 3.8) is 0 Å². The Kier molecular flexibility index (Phi) is 3.08. The molecule has 0 N–H and O–H groups in total. The van der Waals surface area contributed by atoms with Gasteiger partial charge in [-0.15, -0.1) is 0 Å². The molecule has 0 amide bonds. The van der Waals surface area contributed by atoms with E-state index in [2.05, 4.69) is 9.97 Å². The molecule has 2 rings (SSSR count). The molecule has 0 spiro atoms. The van der Waals surface area contributed by atoms with Crippen LogP contribution >= 0.6 is 0 Å². The van der Waals surface area contributed by atoms with E-state index in [9.17, 15) is 22.6 Å². The van der Waals surface area contributed by atoms with E-state index in [4.69, 9.17) is 0 Å². The Hall–Kier alpha value is -0.670. The van der Waals surface area contributed by atoms with Gasteiger partial charge in [-0.25, -0.2) is 18.4 Å². The number of nitrogens with zero attached hydrogens (tertiary/aromatic N) is 2. The van der Waals surface area contributed by atoms with Crippen molar-refractivity contribution in [1.29, 1.82) is 0 Å². The molecule has 7 nitrogen and oxygen atoms in total. The molecule has 15 heavy (non-hydrogen) atoms. The zero-order valence-electron chi connectivity index (χ0n) is 7.42. The molecular formula is C6HN2NaO5S. The van der Waals surface area contributed by atoms with Gasteiger partial charge in [-0.1, -0.05) is 0 Å². The standard InChI is InChI=1S/C6H2N2O5S.Na/c9-3-1-2-4(8-3)5(10)6(7-2)14(11,12)13;/h1H,(H,11,12,13);/q;+1/p-1. The van der Waals surface area contributed by atoms with Crippen LogP contribution in [0.15, 0.2) is 20.7 Å². The Morgan fingerprint density at radius 2 is 1.80 bits per heavy atom. The molecule has 72 valence electrons. The normalized spacial score (nSPS) is 11.5. The van der Waals surface area contributed by atoms with Crippen molar-refractivity contribution in [2.45, 2.75) is 5.03 Å². The van der Waals surface area contributed by atoms with Crippen LogP contribution in [0.1, 0.15) is 0 Å². The second kappa shape index (κ2) is 3.72. The molecule has 0 bridgehead atoms. The summed E-state index contributed by atoms with van der Waals surface area (Å²) >= 11 is 0. The van der Waals surface area contributed by atoms with E-state index in [1.807, 2.05) is 0 Å². The van der Waals surface area contributed by atoms with Crippen molar-refractivity contribution < 1.29 is 42.5 Å². The van der Waals surface area contributed by atoms with Crippen LogP contribution < -0.4 is 40.5 Å².